The fourth-order valence-corrected chi connectivity index (χ4v) is 7.39. The van der Waals surface area contributed by atoms with Gasteiger partial charge in [0, 0.05) is 49.0 Å². The van der Waals surface area contributed by atoms with E-state index in [1.54, 1.807) is 0 Å². The maximum Gasteiger partial charge on any atom is 0.164 e. The van der Waals surface area contributed by atoms with E-state index in [1.807, 2.05) is 103 Å². The minimum atomic E-state index is 0.562. The number of fused-ring (bicyclic) bond motifs is 9. The number of hydrogen-bond donors (Lipinski definition) is 0. The minimum Gasteiger partial charge on any atom is -0.456 e. The Morgan fingerprint density at radius 1 is 0.294 bits per heavy atom. The molecule has 4 heterocycles. The maximum absolute atomic E-state index is 6.52. The number of aromatic nitrogens is 3. The van der Waals surface area contributed by atoms with Crippen molar-refractivity contribution in [2.75, 3.05) is 0 Å². The molecular weight excluding hydrogens is 631 g/mol. The lowest BCUT2D eigenvalue weighted by Gasteiger charge is -2.10. The summed E-state index contributed by atoms with van der Waals surface area (Å²) in [5.41, 5.74) is 9.64. The molecule has 6 nitrogen and oxygen atoms in total. The highest BCUT2D eigenvalue weighted by atomic mass is 16.3. The van der Waals surface area contributed by atoms with Crippen molar-refractivity contribution in [3.63, 3.8) is 0 Å². The zero-order chi connectivity index (χ0) is 33.5. The fraction of sp³-hybridized carbons (Fsp3) is 0. The molecule has 0 aliphatic rings. The van der Waals surface area contributed by atoms with Gasteiger partial charge in [0.2, 0.25) is 0 Å². The van der Waals surface area contributed by atoms with E-state index in [0.717, 1.165) is 93.6 Å². The van der Waals surface area contributed by atoms with Crippen LogP contribution in [0, 0.1) is 0 Å². The van der Waals surface area contributed by atoms with Crippen LogP contribution in [0.2, 0.25) is 0 Å². The van der Waals surface area contributed by atoms with E-state index in [1.165, 1.54) is 0 Å². The Labute approximate surface area is 290 Å². The molecule has 0 radical (unpaired) electrons. The third kappa shape index (κ3) is 4.33. The number of furan rings is 3. The second-order valence-corrected chi connectivity index (χ2v) is 12.8. The zero-order valence-corrected chi connectivity index (χ0v) is 27.0. The van der Waals surface area contributed by atoms with Crippen molar-refractivity contribution < 1.29 is 13.3 Å². The number of hydrogen-bond acceptors (Lipinski definition) is 6. The van der Waals surface area contributed by atoms with E-state index in [0.29, 0.717) is 17.5 Å². The summed E-state index contributed by atoms with van der Waals surface area (Å²) in [6.07, 6.45) is 0. The predicted molar refractivity (Wildman–Crippen MR) is 203 cm³/mol. The Morgan fingerprint density at radius 3 is 1.61 bits per heavy atom. The van der Waals surface area contributed by atoms with Crippen LogP contribution < -0.4 is 0 Å². The van der Waals surface area contributed by atoms with Crippen LogP contribution >= 0.6 is 0 Å². The van der Waals surface area contributed by atoms with E-state index in [2.05, 4.69) is 48.5 Å². The fourth-order valence-electron chi connectivity index (χ4n) is 7.39. The predicted octanol–water partition coefficient (Wildman–Crippen LogP) is 12.2. The van der Waals surface area contributed by atoms with E-state index < -0.39 is 0 Å². The number of rotatable bonds is 4. The van der Waals surface area contributed by atoms with E-state index in [4.69, 9.17) is 28.2 Å². The third-order valence-electron chi connectivity index (χ3n) is 9.76. The molecule has 7 aromatic carbocycles. The molecule has 0 atom stereocenters. The highest BCUT2D eigenvalue weighted by molar-refractivity contribution is 6.18. The molecule has 238 valence electrons. The van der Waals surface area contributed by atoms with Crippen LogP contribution in [0.1, 0.15) is 0 Å². The molecule has 11 rings (SSSR count). The number of nitrogens with zero attached hydrogens (tertiary/aromatic N) is 3. The topological polar surface area (TPSA) is 78.1 Å². The molecule has 0 amide bonds. The van der Waals surface area contributed by atoms with Gasteiger partial charge in [-0.1, -0.05) is 97.1 Å². The summed E-state index contributed by atoms with van der Waals surface area (Å²) in [5.74, 6) is 1.73. The van der Waals surface area contributed by atoms with Crippen molar-refractivity contribution in [1.82, 2.24) is 15.0 Å². The SMILES string of the molecule is c1ccc(-c2nc(-c3ccc4oc5ccccc5c4c3)nc(-c3cccc4oc5cccc(-c6ccc7c(c6)oc6ccccc67)c5c34)n2)cc1. The normalized spacial score (nSPS) is 11.9. The standard InChI is InChI=1S/C45H25N3O3/c1-2-10-26(11-3-1)43-46-44(28-21-23-37-34(24-28)31-13-5-7-17-36(31)49-37)48-45(47-43)33-15-9-19-39-42(33)41-29(14-8-18-38(41)51-39)27-20-22-32-30-12-4-6-16-35(30)50-40(32)25-27/h1-25H. The van der Waals surface area contributed by atoms with Crippen molar-refractivity contribution in [1.29, 1.82) is 0 Å². The summed E-state index contributed by atoms with van der Waals surface area (Å²) in [4.78, 5) is 15.3. The number of para-hydroxylation sites is 2. The molecule has 4 aromatic heterocycles. The molecule has 0 aliphatic heterocycles. The van der Waals surface area contributed by atoms with Crippen molar-refractivity contribution >= 4 is 65.8 Å². The Bertz CT molecular complexity index is 3150. The lowest BCUT2D eigenvalue weighted by molar-refractivity contribution is 0.668. The second kappa shape index (κ2) is 10.7. The van der Waals surface area contributed by atoms with Crippen LogP contribution in [0.5, 0.6) is 0 Å². The Morgan fingerprint density at radius 2 is 0.824 bits per heavy atom. The van der Waals surface area contributed by atoms with Crippen LogP contribution in [0.15, 0.2) is 165 Å². The van der Waals surface area contributed by atoms with Gasteiger partial charge in [0.05, 0.1) is 0 Å². The average molecular weight is 656 g/mol. The van der Waals surface area contributed by atoms with Gasteiger partial charge >= 0.3 is 0 Å². The molecular formula is C45H25N3O3. The largest absolute Gasteiger partial charge is 0.456 e. The summed E-state index contributed by atoms with van der Waals surface area (Å²) in [7, 11) is 0. The van der Waals surface area contributed by atoms with Crippen molar-refractivity contribution in [3.8, 4) is 45.3 Å². The van der Waals surface area contributed by atoms with Gasteiger partial charge in [-0.3, -0.25) is 0 Å². The first-order valence-electron chi connectivity index (χ1n) is 16.8. The van der Waals surface area contributed by atoms with Gasteiger partial charge in [0.15, 0.2) is 17.5 Å². The van der Waals surface area contributed by atoms with E-state index in [9.17, 15) is 0 Å². The van der Waals surface area contributed by atoms with Crippen LogP contribution in [0.3, 0.4) is 0 Å². The molecule has 0 aliphatic carbocycles. The van der Waals surface area contributed by atoms with Crippen LogP contribution in [0.25, 0.3) is 111 Å². The zero-order valence-electron chi connectivity index (χ0n) is 27.0. The summed E-state index contributed by atoms with van der Waals surface area (Å²) in [6.45, 7) is 0. The molecule has 0 saturated heterocycles. The van der Waals surface area contributed by atoms with Gasteiger partial charge in [-0.15, -0.1) is 0 Å². The Balaban J connectivity index is 1.15. The molecule has 0 N–H and O–H groups in total. The molecule has 51 heavy (non-hydrogen) atoms. The van der Waals surface area contributed by atoms with Gasteiger partial charge in [0.25, 0.3) is 0 Å². The smallest absolute Gasteiger partial charge is 0.164 e. The summed E-state index contributed by atoms with van der Waals surface area (Å²) in [6, 6.07) is 51.0. The van der Waals surface area contributed by atoms with Gasteiger partial charge < -0.3 is 13.3 Å². The Kier molecular flexibility index (Phi) is 5.86. The second-order valence-electron chi connectivity index (χ2n) is 12.8. The molecule has 11 aromatic rings. The minimum absolute atomic E-state index is 0.562. The van der Waals surface area contributed by atoms with Gasteiger partial charge in [-0.2, -0.15) is 0 Å². The molecule has 0 bridgehead atoms. The van der Waals surface area contributed by atoms with Crippen molar-refractivity contribution in [2.24, 2.45) is 0 Å². The molecule has 6 heteroatoms. The highest BCUT2D eigenvalue weighted by Gasteiger charge is 2.21. The molecule has 0 fully saturated rings. The van der Waals surface area contributed by atoms with Gasteiger partial charge in [-0.05, 0) is 65.7 Å². The summed E-state index contributed by atoms with van der Waals surface area (Å²) < 4.78 is 18.9. The third-order valence-corrected chi connectivity index (χ3v) is 9.76. The molecule has 0 unspecified atom stereocenters. The summed E-state index contributed by atoms with van der Waals surface area (Å²) >= 11 is 0. The Hall–Kier alpha value is -7.05. The van der Waals surface area contributed by atoms with E-state index in [-0.39, 0.29) is 0 Å². The lowest BCUT2D eigenvalue weighted by Crippen LogP contribution is -2.00. The summed E-state index contributed by atoms with van der Waals surface area (Å²) in [5, 5.41) is 6.20. The number of benzene rings is 7. The molecule has 0 spiro atoms. The van der Waals surface area contributed by atoms with Crippen LogP contribution in [-0.2, 0) is 0 Å². The first kappa shape index (κ1) is 27.9. The van der Waals surface area contributed by atoms with Crippen LogP contribution in [-0.4, -0.2) is 15.0 Å². The lowest BCUT2D eigenvalue weighted by atomic mass is 9.96. The van der Waals surface area contributed by atoms with Crippen LogP contribution in [0.4, 0.5) is 0 Å². The monoisotopic (exact) mass is 655 g/mol. The van der Waals surface area contributed by atoms with Crippen molar-refractivity contribution in [3.05, 3.63) is 152 Å². The molecule has 0 saturated carbocycles. The van der Waals surface area contributed by atoms with Gasteiger partial charge in [0.1, 0.15) is 33.5 Å². The first-order valence-corrected chi connectivity index (χ1v) is 16.8. The first-order chi connectivity index (χ1) is 25.2. The van der Waals surface area contributed by atoms with Crippen molar-refractivity contribution in [2.45, 2.75) is 0 Å². The maximum atomic E-state index is 6.52. The highest BCUT2D eigenvalue weighted by Crippen LogP contribution is 2.42. The average Bonchev–Trinajstić information content (AvgIpc) is 3.88. The quantitative estimate of drug-likeness (QED) is 0.188. The van der Waals surface area contributed by atoms with Gasteiger partial charge in [-0.25, -0.2) is 15.0 Å². The van der Waals surface area contributed by atoms with E-state index >= 15 is 0 Å².